The summed E-state index contributed by atoms with van der Waals surface area (Å²) < 4.78 is 67.9. The number of fused-ring (bicyclic) bond motifs is 3. The Labute approximate surface area is 198 Å². The summed E-state index contributed by atoms with van der Waals surface area (Å²) in [5.74, 6) is -0.448. The van der Waals surface area contributed by atoms with Crippen LogP contribution in [0, 0.1) is 5.82 Å². The second kappa shape index (κ2) is 8.98. The van der Waals surface area contributed by atoms with Crippen LogP contribution in [0.15, 0.2) is 29.1 Å². The minimum absolute atomic E-state index is 0.00104. The SMILES string of the molecule is COc1cc(F)ccc1[C@@H](O)CN1c2nc(N3CC4CCC(C3)O4)cc(=O)n2CC[C@H]1C(F)(F)F. The fourth-order valence-electron chi connectivity index (χ4n) is 5.22. The summed E-state index contributed by atoms with van der Waals surface area (Å²) in [6.45, 7) is 0.345. The molecule has 2 bridgehead atoms. The lowest BCUT2D eigenvalue weighted by atomic mass is 10.0. The Morgan fingerprint density at radius 2 is 1.91 bits per heavy atom. The number of hydrogen-bond acceptors (Lipinski definition) is 7. The van der Waals surface area contributed by atoms with Gasteiger partial charge in [0, 0.05) is 37.3 Å². The van der Waals surface area contributed by atoms with Gasteiger partial charge in [-0.1, -0.05) is 0 Å². The van der Waals surface area contributed by atoms with Gasteiger partial charge in [-0.25, -0.2) is 4.39 Å². The molecule has 0 aliphatic carbocycles. The van der Waals surface area contributed by atoms with Crippen LogP contribution in [-0.2, 0) is 11.3 Å². The molecule has 0 amide bonds. The number of alkyl halides is 3. The highest BCUT2D eigenvalue weighted by Crippen LogP contribution is 2.37. The molecule has 1 N–H and O–H groups in total. The first-order valence-electron chi connectivity index (χ1n) is 11.5. The molecule has 0 radical (unpaired) electrons. The zero-order valence-corrected chi connectivity index (χ0v) is 19.0. The number of aliphatic hydroxyl groups is 1. The van der Waals surface area contributed by atoms with Gasteiger partial charge < -0.3 is 24.4 Å². The lowest BCUT2D eigenvalue weighted by molar-refractivity contribution is -0.153. The van der Waals surface area contributed by atoms with Crippen molar-refractivity contribution in [2.45, 2.75) is 56.3 Å². The van der Waals surface area contributed by atoms with E-state index in [4.69, 9.17) is 9.47 Å². The number of β-amino-alcohol motifs (C(OH)–C–C–N with tert-alkyl or cyclic N) is 1. The van der Waals surface area contributed by atoms with Crippen molar-refractivity contribution in [1.82, 2.24) is 9.55 Å². The Morgan fingerprint density at radius 3 is 2.57 bits per heavy atom. The molecule has 1 aromatic carbocycles. The number of rotatable bonds is 5. The third kappa shape index (κ3) is 4.56. The number of hydrogen-bond donors (Lipinski definition) is 1. The van der Waals surface area contributed by atoms with Crippen molar-refractivity contribution < 1.29 is 32.1 Å². The lowest BCUT2D eigenvalue weighted by Gasteiger charge is -2.41. The summed E-state index contributed by atoms with van der Waals surface area (Å²) in [6.07, 6.45) is -4.67. The van der Waals surface area contributed by atoms with Gasteiger partial charge in [0.1, 0.15) is 29.5 Å². The predicted molar refractivity (Wildman–Crippen MR) is 118 cm³/mol. The molecular formula is C23H26F4N4O4. The maximum absolute atomic E-state index is 14.1. The number of nitrogens with zero attached hydrogens (tertiary/aromatic N) is 4. The number of methoxy groups -OCH3 is 1. The highest BCUT2D eigenvalue weighted by Gasteiger charge is 2.47. The Balaban J connectivity index is 1.52. The first-order valence-corrected chi connectivity index (χ1v) is 11.5. The van der Waals surface area contributed by atoms with Crippen molar-refractivity contribution in [2.24, 2.45) is 0 Å². The predicted octanol–water partition coefficient (Wildman–Crippen LogP) is 2.63. The number of morpholine rings is 1. The molecule has 35 heavy (non-hydrogen) atoms. The van der Waals surface area contributed by atoms with E-state index in [-0.39, 0.29) is 42.4 Å². The van der Waals surface area contributed by atoms with E-state index < -0.39 is 36.2 Å². The molecule has 5 rings (SSSR count). The Kier molecular flexibility index (Phi) is 6.12. The monoisotopic (exact) mass is 498 g/mol. The maximum Gasteiger partial charge on any atom is 0.408 e. The summed E-state index contributed by atoms with van der Waals surface area (Å²) in [4.78, 5) is 20.2. The van der Waals surface area contributed by atoms with Crippen molar-refractivity contribution in [3.63, 3.8) is 0 Å². The molecule has 12 heteroatoms. The number of aliphatic hydroxyl groups excluding tert-OH is 1. The molecule has 8 nitrogen and oxygen atoms in total. The van der Waals surface area contributed by atoms with Gasteiger partial charge in [-0.15, -0.1) is 0 Å². The zero-order chi connectivity index (χ0) is 24.9. The van der Waals surface area contributed by atoms with Crippen LogP contribution < -0.4 is 20.1 Å². The molecule has 2 fully saturated rings. The Morgan fingerprint density at radius 1 is 1.20 bits per heavy atom. The lowest BCUT2D eigenvalue weighted by Crippen LogP contribution is -2.54. The van der Waals surface area contributed by atoms with Crippen LogP contribution in [-0.4, -0.2) is 65.8 Å². The quantitative estimate of drug-likeness (QED) is 0.635. The van der Waals surface area contributed by atoms with E-state index in [0.29, 0.717) is 18.9 Å². The van der Waals surface area contributed by atoms with Crippen molar-refractivity contribution in [3.05, 3.63) is 46.0 Å². The summed E-state index contributed by atoms with van der Waals surface area (Å²) in [5.41, 5.74) is -0.321. The Bertz CT molecular complexity index is 1150. The molecule has 3 aliphatic rings. The normalized spacial score (nSPS) is 24.9. The van der Waals surface area contributed by atoms with Gasteiger partial charge in [0.2, 0.25) is 5.95 Å². The topological polar surface area (TPSA) is 80.1 Å². The van der Waals surface area contributed by atoms with Crippen molar-refractivity contribution in [3.8, 4) is 5.75 Å². The number of anilines is 2. The average molecular weight is 498 g/mol. The Hall–Kier alpha value is -2.86. The van der Waals surface area contributed by atoms with Gasteiger partial charge in [0.25, 0.3) is 5.56 Å². The van der Waals surface area contributed by atoms with Crippen LogP contribution in [0.2, 0.25) is 0 Å². The summed E-state index contributed by atoms with van der Waals surface area (Å²) in [7, 11) is 1.28. The third-order valence-corrected chi connectivity index (χ3v) is 6.90. The molecular weight excluding hydrogens is 472 g/mol. The molecule has 2 unspecified atom stereocenters. The van der Waals surface area contributed by atoms with E-state index in [1.165, 1.54) is 23.8 Å². The number of aromatic nitrogens is 2. The van der Waals surface area contributed by atoms with Crippen LogP contribution in [0.1, 0.15) is 30.9 Å². The molecule has 2 aromatic rings. The van der Waals surface area contributed by atoms with E-state index in [9.17, 15) is 27.5 Å². The second-order valence-electron chi connectivity index (χ2n) is 9.17. The van der Waals surface area contributed by atoms with Crippen molar-refractivity contribution in [1.29, 1.82) is 0 Å². The summed E-state index contributed by atoms with van der Waals surface area (Å²) in [5, 5.41) is 10.9. The summed E-state index contributed by atoms with van der Waals surface area (Å²) in [6, 6.07) is 2.81. The molecule has 4 atom stereocenters. The minimum atomic E-state index is -4.62. The van der Waals surface area contributed by atoms with Crippen molar-refractivity contribution >= 4 is 11.8 Å². The van der Waals surface area contributed by atoms with Gasteiger partial charge >= 0.3 is 6.18 Å². The van der Waals surface area contributed by atoms with Crippen molar-refractivity contribution in [2.75, 3.05) is 36.5 Å². The van der Waals surface area contributed by atoms with Gasteiger partial charge in [-0.2, -0.15) is 18.2 Å². The standard InChI is InChI=1S/C23H26F4N4O4/c1-34-18-8-13(24)2-5-16(18)17(32)12-31-19(23(25,26)27)6-7-30-21(33)9-20(28-22(30)31)29-10-14-3-4-15(11-29)35-14/h2,5,8-9,14-15,17,19,32H,3-4,6-7,10-12H2,1H3/t14?,15?,17-,19-/m0/s1. The first-order chi connectivity index (χ1) is 16.6. The van der Waals surface area contributed by atoms with Crippen LogP contribution in [0.4, 0.5) is 29.3 Å². The molecule has 0 saturated carbocycles. The largest absolute Gasteiger partial charge is 0.496 e. The van der Waals surface area contributed by atoms with Gasteiger partial charge in [0.05, 0.1) is 25.9 Å². The molecule has 3 aliphatic heterocycles. The average Bonchev–Trinajstić information content (AvgIpc) is 3.15. The summed E-state index contributed by atoms with van der Waals surface area (Å²) >= 11 is 0. The van der Waals surface area contributed by atoms with E-state index in [2.05, 4.69) is 4.98 Å². The molecule has 4 heterocycles. The highest BCUT2D eigenvalue weighted by atomic mass is 19.4. The number of ether oxygens (including phenoxy) is 2. The minimum Gasteiger partial charge on any atom is -0.496 e. The number of halogens is 4. The fraction of sp³-hybridized carbons (Fsp3) is 0.565. The second-order valence-corrected chi connectivity index (χ2v) is 9.17. The van der Waals surface area contributed by atoms with Crippen LogP contribution in [0.25, 0.3) is 0 Å². The first kappa shape index (κ1) is 23.9. The van der Waals surface area contributed by atoms with Crippen LogP contribution >= 0.6 is 0 Å². The van der Waals surface area contributed by atoms with Gasteiger partial charge in [-0.05, 0) is 31.4 Å². The molecule has 190 valence electrons. The molecule has 0 spiro atoms. The third-order valence-electron chi connectivity index (χ3n) is 6.90. The van der Waals surface area contributed by atoms with Gasteiger partial charge in [0.15, 0.2) is 0 Å². The fourth-order valence-corrected chi connectivity index (χ4v) is 5.22. The maximum atomic E-state index is 14.1. The molecule has 1 aromatic heterocycles. The highest BCUT2D eigenvalue weighted by molar-refractivity contribution is 5.48. The van der Waals surface area contributed by atoms with Gasteiger partial charge in [-0.3, -0.25) is 9.36 Å². The zero-order valence-electron chi connectivity index (χ0n) is 19.0. The van der Waals surface area contributed by atoms with Crippen LogP contribution in [0.5, 0.6) is 5.75 Å². The number of benzene rings is 1. The van der Waals surface area contributed by atoms with E-state index in [1.807, 2.05) is 4.90 Å². The van der Waals surface area contributed by atoms with E-state index in [0.717, 1.165) is 29.9 Å². The molecule has 2 saturated heterocycles. The van der Waals surface area contributed by atoms with Crippen LogP contribution in [0.3, 0.4) is 0 Å². The van der Waals surface area contributed by atoms with E-state index >= 15 is 0 Å². The van der Waals surface area contributed by atoms with E-state index in [1.54, 1.807) is 0 Å². The smallest absolute Gasteiger partial charge is 0.408 e.